The summed E-state index contributed by atoms with van der Waals surface area (Å²) in [6.45, 7) is 1.83. The summed E-state index contributed by atoms with van der Waals surface area (Å²) in [4.78, 5) is 18.4. The average molecular weight is 299 g/mol. The van der Waals surface area contributed by atoms with E-state index in [4.69, 9.17) is 4.74 Å². The topological polar surface area (TPSA) is 72.8 Å². The summed E-state index contributed by atoms with van der Waals surface area (Å²) in [5, 5.41) is 4.23. The molecule has 0 fully saturated rings. The van der Waals surface area contributed by atoms with Crippen LogP contribution in [0.25, 0.3) is 11.4 Å². The van der Waals surface area contributed by atoms with Crippen molar-refractivity contribution in [2.24, 2.45) is 7.05 Å². The standard InChI is InChI=1S/C10H11BrN4O2/c1-5-7(10(17-3)15(2)14-5)8-12-4-6(11)9(16)13-8/h4H,1-3H3,(H,12,13,16). The highest BCUT2D eigenvalue weighted by Gasteiger charge is 2.18. The predicted molar refractivity (Wildman–Crippen MR) is 66.0 cm³/mol. The Morgan fingerprint density at radius 1 is 1.53 bits per heavy atom. The Balaban J connectivity index is 2.67. The van der Waals surface area contributed by atoms with E-state index in [2.05, 4.69) is 31.0 Å². The molecule has 2 heterocycles. The zero-order valence-electron chi connectivity index (χ0n) is 9.61. The minimum Gasteiger partial charge on any atom is -0.481 e. The highest BCUT2D eigenvalue weighted by atomic mass is 79.9. The number of aromatic amines is 1. The molecular weight excluding hydrogens is 288 g/mol. The molecule has 0 spiro atoms. The molecule has 0 bridgehead atoms. The molecule has 2 rings (SSSR count). The number of halogens is 1. The van der Waals surface area contributed by atoms with Gasteiger partial charge in [0, 0.05) is 13.2 Å². The Morgan fingerprint density at radius 3 is 2.82 bits per heavy atom. The second kappa shape index (κ2) is 4.33. The van der Waals surface area contributed by atoms with Crippen LogP contribution in [0, 0.1) is 6.92 Å². The number of ether oxygens (including phenoxy) is 1. The van der Waals surface area contributed by atoms with Crippen LogP contribution >= 0.6 is 15.9 Å². The molecule has 0 atom stereocenters. The van der Waals surface area contributed by atoms with Gasteiger partial charge in [-0.05, 0) is 22.9 Å². The number of hydrogen-bond acceptors (Lipinski definition) is 4. The number of hydrogen-bond donors (Lipinski definition) is 1. The van der Waals surface area contributed by atoms with Gasteiger partial charge < -0.3 is 9.72 Å². The van der Waals surface area contributed by atoms with E-state index in [1.807, 2.05) is 6.92 Å². The van der Waals surface area contributed by atoms with E-state index in [1.165, 1.54) is 6.20 Å². The van der Waals surface area contributed by atoms with E-state index >= 15 is 0 Å². The number of nitrogens with zero attached hydrogens (tertiary/aromatic N) is 3. The first-order valence-electron chi connectivity index (χ1n) is 4.87. The van der Waals surface area contributed by atoms with Gasteiger partial charge in [-0.3, -0.25) is 4.79 Å². The van der Waals surface area contributed by atoms with Crippen molar-refractivity contribution in [1.29, 1.82) is 0 Å². The SMILES string of the molecule is COc1c(-c2ncc(Br)c(=O)[nH]2)c(C)nn1C. The van der Waals surface area contributed by atoms with Crippen LogP contribution in [-0.2, 0) is 7.05 Å². The van der Waals surface area contributed by atoms with Crippen molar-refractivity contribution in [3.05, 3.63) is 26.7 Å². The van der Waals surface area contributed by atoms with Crippen LogP contribution in [0.3, 0.4) is 0 Å². The normalized spacial score (nSPS) is 10.6. The molecule has 0 saturated heterocycles. The lowest BCUT2D eigenvalue weighted by atomic mass is 10.2. The van der Waals surface area contributed by atoms with Gasteiger partial charge >= 0.3 is 0 Å². The molecule has 0 aromatic carbocycles. The number of rotatable bonds is 2. The van der Waals surface area contributed by atoms with E-state index in [0.29, 0.717) is 21.7 Å². The maximum absolute atomic E-state index is 11.5. The minimum atomic E-state index is -0.236. The van der Waals surface area contributed by atoms with Crippen LogP contribution in [0.15, 0.2) is 15.5 Å². The van der Waals surface area contributed by atoms with Gasteiger partial charge in [0.15, 0.2) is 0 Å². The lowest BCUT2D eigenvalue weighted by Gasteiger charge is -2.04. The molecule has 2 aromatic rings. The molecule has 17 heavy (non-hydrogen) atoms. The smallest absolute Gasteiger partial charge is 0.265 e. The summed E-state index contributed by atoms with van der Waals surface area (Å²) in [6.07, 6.45) is 1.46. The fourth-order valence-corrected chi connectivity index (χ4v) is 1.85. The lowest BCUT2D eigenvalue weighted by molar-refractivity contribution is 0.374. The van der Waals surface area contributed by atoms with Crippen molar-refractivity contribution in [3.8, 4) is 17.3 Å². The quantitative estimate of drug-likeness (QED) is 0.906. The van der Waals surface area contributed by atoms with E-state index in [0.717, 1.165) is 5.69 Å². The van der Waals surface area contributed by atoms with Gasteiger partial charge in [-0.1, -0.05) is 0 Å². The van der Waals surface area contributed by atoms with Gasteiger partial charge in [0.25, 0.3) is 5.56 Å². The molecule has 0 aliphatic heterocycles. The Morgan fingerprint density at radius 2 is 2.24 bits per heavy atom. The maximum Gasteiger partial charge on any atom is 0.265 e. The van der Waals surface area contributed by atoms with E-state index in [9.17, 15) is 4.79 Å². The number of aromatic nitrogens is 4. The number of methoxy groups -OCH3 is 1. The second-order valence-electron chi connectivity index (χ2n) is 3.50. The summed E-state index contributed by atoms with van der Waals surface area (Å²) in [7, 11) is 3.32. The van der Waals surface area contributed by atoms with Crippen LogP contribution in [0.2, 0.25) is 0 Å². The third kappa shape index (κ3) is 1.97. The van der Waals surface area contributed by atoms with Gasteiger partial charge in [-0.2, -0.15) is 5.10 Å². The van der Waals surface area contributed by atoms with Crippen molar-refractivity contribution in [1.82, 2.24) is 19.7 Å². The van der Waals surface area contributed by atoms with Crippen molar-refractivity contribution in [2.45, 2.75) is 6.92 Å². The van der Waals surface area contributed by atoms with E-state index in [1.54, 1.807) is 18.8 Å². The third-order valence-corrected chi connectivity index (χ3v) is 2.92. The van der Waals surface area contributed by atoms with Crippen molar-refractivity contribution < 1.29 is 4.74 Å². The molecule has 6 nitrogen and oxygen atoms in total. The van der Waals surface area contributed by atoms with Gasteiger partial charge in [-0.15, -0.1) is 0 Å². The summed E-state index contributed by atoms with van der Waals surface area (Å²) in [5.41, 5.74) is 1.20. The first-order chi connectivity index (χ1) is 8.04. The summed E-state index contributed by atoms with van der Waals surface area (Å²) in [5.74, 6) is 1.01. The van der Waals surface area contributed by atoms with Crippen LogP contribution < -0.4 is 10.3 Å². The van der Waals surface area contributed by atoms with Crippen molar-refractivity contribution >= 4 is 15.9 Å². The summed E-state index contributed by atoms with van der Waals surface area (Å²) >= 11 is 3.10. The van der Waals surface area contributed by atoms with Crippen LogP contribution in [0.5, 0.6) is 5.88 Å². The molecule has 90 valence electrons. The second-order valence-corrected chi connectivity index (χ2v) is 4.36. The maximum atomic E-state index is 11.5. The largest absolute Gasteiger partial charge is 0.481 e. The first-order valence-corrected chi connectivity index (χ1v) is 5.66. The molecule has 0 saturated carbocycles. The van der Waals surface area contributed by atoms with Gasteiger partial charge in [-0.25, -0.2) is 9.67 Å². The Bertz CT molecular complexity index is 617. The molecule has 0 aliphatic carbocycles. The van der Waals surface area contributed by atoms with Crippen LogP contribution in [-0.4, -0.2) is 26.9 Å². The van der Waals surface area contributed by atoms with E-state index in [-0.39, 0.29) is 5.56 Å². The van der Waals surface area contributed by atoms with Crippen LogP contribution in [0.4, 0.5) is 0 Å². The first kappa shape index (κ1) is 11.8. The van der Waals surface area contributed by atoms with Crippen molar-refractivity contribution in [2.75, 3.05) is 7.11 Å². The third-order valence-electron chi connectivity index (χ3n) is 2.36. The molecule has 7 heteroatoms. The average Bonchev–Trinajstić information content (AvgIpc) is 2.57. The number of nitrogens with one attached hydrogen (secondary N) is 1. The predicted octanol–water partition coefficient (Wildman–Crippen LogP) is 1.25. The van der Waals surface area contributed by atoms with Crippen LogP contribution in [0.1, 0.15) is 5.69 Å². The fourth-order valence-electron chi connectivity index (χ4n) is 1.65. The van der Waals surface area contributed by atoms with Gasteiger partial charge in [0.2, 0.25) is 5.88 Å². The van der Waals surface area contributed by atoms with Gasteiger partial charge in [0.05, 0.1) is 12.8 Å². The summed E-state index contributed by atoms with van der Waals surface area (Å²) in [6, 6.07) is 0. The van der Waals surface area contributed by atoms with Crippen molar-refractivity contribution in [3.63, 3.8) is 0 Å². The molecular formula is C10H11BrN4O2. The van der Waals surface area contributed by atoms with Gasteiger partial charge in [0.1, 0.15) is 15.9 Å². The summed E-state index contributed by atoms with van der Waals surface area (Å²) < 4.78 is 7.24. The Labute approximate surface area is 106 Å². The molecule has 0 unspecified atom stereocenters. The molecule has 0 aliphatic rings. The molecule has 1 N–H and O–H groups in total. The number of H-pyrrole nitrogens is 1. The monoisotopic (exact) mass is 298 g/mol. The number of aryl methyl sites for hydroxylation is 2. The zero-order chi connectivity index (χ0) is 12.6. The lowest BCUT2D eigenvalue weighted by Crippen LogP contribution is -2.09. The molecule has 0 radical (unpaired) electrons. The molecule has 2 aromatic heterocycles. The minimum absolute atomic E-state index is 0.236. The fraction of sp³-hybridized carbons (Fsp3) is 0.300. The Kier molecular flexibility index (Phi) is 3.01. The Hall–Kier alpha value is -1.63. The zero-order valence-corrected chi connectivity index (χ0v) is 11.2. The highest BCUT2D eigenvalue weighted by molar-refractivity contribution is 9.10. The highest BCUT2D eigenvalue weighted by Crippen LogP contribution is 2.29. The van der Waals surface area contributed by atoms with E-state index < -0.39 is 0 Å². The molecule has 0 amide bonds.